The minimum absolute atomic E-state index is 0.0220. The van der Waals surface area contributed by atoms with E-state index in [0.29, 0.717) is 10.6 Å². The molecule has 134 valence electrons. The number of carbonyl (C=O) groups is 3. The maximum absolute atomic E-state index is 12.3. The molecular weight excluding hydrogens is 377 g/mol. The topological polar surface area (TPSA) is 87.3 Å². The van der Waals surface area contributed by atoms with E-state index < -0.39 is 17.7 Å². The highest BCUT2D eigenvalue weighted by atomic mass is 35.5. The molecule has 0 aliphatic rings. The molecule has 2 aromatic rings. The van der Waals surface area contributed by atoms with Crippen LogP contribution in [-0.2, 0) is 9.59 Å². The number of hydrogen-bond acceptors (Lipinski definition) is 3. The molecule has 0 radical (unpaired) electrons. The summed E-state index contributed by atoms with van der Waals surface area (Å²) in [6, 6.07) is 13.3. The molecule has 0 fully saturated rings. The molecule has 0 atom stereocenters. The fourth-order valence-corrected chi connectivity index (χ4v) is 2.48. The third-order valence-corrected chi connectivity index (χ3v) is 3.68. The van der Waals surface area contributed by atoms with Gasteiger partial charge in [-0.2, -0.15) is 0 Å². The van der Waals surface area contributed by atoms with Gasteiger partial charge in [-0.25, -0.2) is 0 Å². The first-order valence-electron chi connectivity index (χ1n) is 7.47. The van der Waals surface area contributed by atoms with Gasteiger partial charge in [0.1, 0.15) is 5.70 Å². The second-order valence-electron chi connectivity index (χ2n) is 5.18. The fourth-order valence-electron chi connectivity index (χ4n) is 1.99. The highest BCUT2D eigenvalue weighted by Crippen LogP contribution is 2.20. The van der Waals surface area contributed by atoms with Gasteiger partial charge in [0.05, 0.1) is 10.6 Å². The van der Waals surface area contributed by atoms with Crippen molar-refractivity contribution in [3.05, 3.63) is 75.4 Å². The van der Waals surface area contributed by atoms with Crippen molar-refractivity contribution in [2.75, 3.05) is 0 Å². The molecule has 8 heteroatoms. The van der Waals surface area contributed by atoms with Crippen molar-refractivity contribution in [3.8, 4) is 0 Å². The van der Waals surface area contributed by atoms with Crippen molar-refractivity contribution in [1.82, 2.24) is 16.2 Å². The normalized spacial score (nSPS) is 10.8. The first-order valence-corrected chi connectivity index (χ1v) is 8.22. The van der Waals surface area contributed by atoms with E-state index in [9.17, 15) is 14.4 Å². The van der Waals surface area contributed by atoms with Crippen LogP contribution in [0.25, 0.3) is 6.08 Å². The molecule has 0 saturated carbocycles. The molecule has 2 aromatic carbocycles. The molecule has 0 bridgehead atoms. The van der Waals surface area contributed by atoms with Gasteiger partial charge < -0.3 is 5.32 Å². The van der Waals surface area contributed by atoms with Gasteiger partial charge in [-0.05, 0) is 29.8 Å². The molecule has 6 nitrogen and oxygen atoms in total. The Morgan fingerprint density at radius 3 is 2.27 bits per heavy atom. The second kappa shape index (κ2) is 9.03. The minimum atomic E-state index is -0.692. The van der Waals surface area contributed by atoms with Crippen molar-refractivity contribution < 1.29 is 14.4 Å². The van der Waals surface area contributed by atoms with Crippen LogP contribution >= 0.6 is 23.2 Å². The van der Waals surface area contributed by atoms with E-state index in [1.807, 2.05) is 6.07 Å². The molecule has 0 aromatic heterocycles. The van der Waals surface area contributed by atoms with Crippen molar-refractivity contribution in [3.63, 3.8) is 0 Å². The standard InChI is InChI=1S/C18H15Cl2N3O3/c1-11(24)21-16(9-12-5-3-2-4-6-12)18(26)23-22-17(25)14-8-7-13(19)10-15(14)20/h2-10H,1H3,(H,21,24)(H,22,25)(H,23,26)/b16-9+. The number of hydrogen-bond donors (Lipinski definition) is 3. The highest BCUT2D eigenvalue weighted by Gasteiger charge is 2.15. The zero-order valence-electron chi connectivity index (χ0n) is 13.7. The predicted octanol–water partition coefficient (Wildman–Crippen LogP) is 2.93. The van der Waals surface area contributed by atoms with Crippen LogP contribution in [0, 0.1) is 0 Å². The van der Waals surface area contributed by atoms with E-state index in [2.05, 4.69) is 16.2 Å². The summed E-state index contributed by atoms with van der Waals surface area (Å²) in [4.78, 5) is 35.8. The monoisotopic (exact) mass is 391 g/mol. The molecule has 0 spiro atoms. The van der Waals surface area contributed by atoms with E-state index in [1.165, 1.54) is 31.2 Å². The second-order valence-corrected chi connectivity index (χ2v) is 6.03. The summed E-state index contributed by atoms with van der Waals surface area (Å²) in [7, 11) is 0. The smallest absolute Gasteiger partial charge is 0.286 e. The molecule has 3 amide bonds. The molecule has 2 rings (SSSR count). The van der Waals surface area contributed by atoms with Gasteiger partial charge in [0.2, 0.25) is 5.91 Å². The molecule has 0 aliphatic carbocycles. The van der Waals surface area contributed by atoms with Gasteiger partial charge in [-0.1, -0.05) is 53.5 Å². The summed E-state index contributed by atoms with van der Waals surface area (Å²) < 4.78 is 0. The first-order chi connectivity index (χ1) is 12.4. The zero-order valence-corrected chi connectivity index (χ0v) is 15.2. The van der Waals surface area contributed by atoms with E-state index >= 15 is 0 Å². The van der Waals surface area contributed by atoms with Crippen molar-refractivity contribution >= 4 is 47.0 Å². The van der Waals surface area contributed by atoms with E-state index in [1.54, 1.807) is 24.3 Å². The maximum atomic E-state index is 12.3. The summed E-state index contributed by atoms with van der Waals surface area (Å²) in [6.45, 7) is 1.28. The van der Waals surface area contributed by atoms with Crippen LogP contribution in [0.5, 0.6) is 0 Å². The first kappa shape index (κ1) is 19.5. The number of carbonyl (C=O) groups excluding carboxylic acids is 3. The third-order valence-electron chi connectivity index (χ3n) is 3.13. The Morgan fingerprint density at radius 1 is 0.962 bits per heavy atom. The van der Waals surface area contributed by atoms with Gasteiger partial charge in [-0.15, -0.1) is 0 Å². The van der Waals surface area contributed by atoms with Crippen molar-refractivity contribution in [1.29, 1.82) is 0 Å². The van der Waals surface area contributed by atoms with Crippen LogP contribution in [0.3, 0.4) is 0 Å². The van der Waals surface area contributed by atoms with Crippen LogP contribution in [0.2, 0.25) is 10.0 Å². The number of nitrogens with one attached hydrogen (secondary N) is 3. The number of rotatable bonds is 4. The fraction of sp³-hybridized carbons (Fsp3) is 0.0556. The van der Waals surface area contributed by atoms with Gasteiger partial charge in [0.25, 0.3) is 11.8 Å². The molecule has 0 saturated heterocycles. The Kier molecular flexibility index (Phi) is 6.77. The largest absolute Gasteiger partial charge is 0.322 e. The van der Waals surface area contributed by atoms with E-state index in [0.717, 1.165) is 0 Å². The number of halogens is 2. The lowest BCUT2D eigenvalue weighted by Gasteiger charge is -2.11. The Bertz CT molecular complexity index is 867. The highest BCUT2D eigenvalue weighted by molar-refractivity contribution is 6.36. The van der Waals surface area contributed by atoms with Crippen LogP contribution in [-0.4, -0.2) is 17.7 Å². The number of benzene rings is 2. The van der Waals surface area contributed by atoms with Crippen LogP contribution < -0.4 is 16.2 Å². The summed E-state index contributed by atoms with van der Waals surface area (Å²) in [5.41, 5.74) is 5.30. The average molecular weight is 392 g/mol. The Labute approximate surface area is 160 Å². The number of amides is 3. The van der Waals surface area contributed by atoms with Gasteiger partial charge in [0, 0.05) is 11.9 Å². The summed E-state index contributed by atoms with van der Waals surface area (Å²) in [5.74, 6) is -1.74. The summed E-state index contributed by atoms with van der Waals surface area (Å²) >= 11 is 11.7. The predicted molar refractivity (Wildman–Crippen MR) is 100 cm³/mol. The molecule has 3 N–H and O–H groups in total. The zero-order chi connectivity index (χ0) is 19.1. The quantitative estimate of drug-likeness (QED) is 0.552. The average Bonchev–Trinajstić information content (AvgIpc) is 2.59. The van der Waals surface area contributed by atoms with E-state index in [4.69, 9.17) is 23.2 Å². The van der Waals surface area contributed by atoms with Crippen molar-refractivity contribution in [2.24, 2.45) is 0 Å². The summed E-state index contributed by atoms with van der Waals surface area (Å²) in [5, 5.41) is 2.95. The molecule has 0 unspecified atom stereocenters. The number of hydrazine groups is 1. The van der Waals surface area contributed by atoms with E-state index in [-0.39, 0.29) is 16.3 Å². The molecule has 0 heterocycles. The minimum Gasteiger partial charge on any atom is -0.322 e. The van der Waals surface area contributed by atoms with Crippen LogP contribution in [0.15, 0.2) is 54.2 Å². The Balaban J connectivity index is 2.10. The van der Waals surface area contributed by atoms with Gasteiger partial charge in [-0.3, -0.25) is 25.2 Å². The summed E-state index contributed by atoms with van der Waals surface area (Å²) in [6.07, 6.45) is 1.48. The van der Waals surface area contributed by atoms with Gasteiger partial charge >= 0.3 is 0 Å². The third kappa shape index (κ3) is 5.61. The maximum Gasteiger partial charge on any atom is 0.286 e. The molecule has 0 aliphatic heterocycles. The lowest BCUT2D eigenvalue weighted by atomic mass is 10.2. The SMILES string of the molecule is CC(=O)N/C(=C/c1ccccc1)C(=O)NNC(=O)c1ccc(Cl)cc1Cl. The Hall–Kier alpha value is -2.83. The van der Waals surface area contributed by atoms with Gasteiger partial charge in [0.15, 0.2) is 0 Å². The van der Waals surface area contributed by atoms with Crippen LogP contribution in [0.4, 0.5) is 0 Å². The lowest BCUT2D eigenvalue weighted by molar-refractivity contribution is -0.122. The Morgan fingerprint density at radius 2 is 1.65 bits per heavy atom. The molecule has 26 heavy (non-hydrogen) atoms. The van der Waals surface area contributed by atoms with Crippen LogP contribution in [0.1, 0.15) is 22.8 Å². The van der Waals surface area contributed by atoms with Crippen molar-refractivity contribution in [2.45, 2.75) is 6.92 Å². The lowest BCUT2D eigenvalue weighted by Crippen LogP contribution is -2.45. The molecular formula is C18H15Cl2N3O3.